The van der Waals surface area contributed by atoms with Crippen molar-refractivity contribution < 1.29 is 28.5 Å². The Labute approximate surface area is 270 Å². The number of Topliss-reactive ketones (excluding diaryl/α,β-unsaturated/α-hetero) is 2. The van der Waals surface area contributed by atoms with Gasteiger partial charge in [0.2, 0.25) is 0 Å². The molecule has 4 rings (SSSR count). The molecule has 0 bridgehead atoms. The molecular formula is C37H54N2O6. The van der Waals surface area contributed by atoms with E-state index >= 15 is 0 Å². The Balaban J connectivity index is 1.20. The van der Waals surface area contributed by atoms with Gasteiger partial charge in [0, 0.05) is 25.9 Å². The Morgan fingerprint density at radius 3 is 1.42 bits per heavy atom. The number of likely N-dealkylation sites (tertiary alicyclic amines) is 2. The molecule has 0 radical (unpaired) electrons. The molecule has 0 spiro atoms. The number of carbonyl (C=O) groups is 2. The third-order valence-corrected chi connectivity index (χ3v) is 9.28. The van der Waals surface area contributed by atoms with Crippen molar-refractivity contribution >= 4 is 11.6 Å². The van der Waals surface area contributed by atoms with Crippen LogP contribution in [0, 0.1) is 5.41 Å². The summed E-state index contributed by atoms with van der Waals surface area (Å²) in [6.45, 7) is 11.7. The summed E-state index contributed by atoms with van der Waals surface area (Å²) in [5.74, 6) is 2.68. The van der Waals surface area contributed by atoms with Crippen LogP contribution in [-0.4, -0.2) is 88.1 Å². The number of nitrogens with zero attached hydrogens (tertiary/aromatic N) is 2. The van der Waals surface area contributed by atoms with Gasteiger partial charge in [-0.05, 0) is 127 Å². The smallest absolute Gasteiger partial charge is 0.161 e. The van der Waals surface area contributed by atoms with Gasteiger partial charge in [0.1, 0.15) is 11.6 Å². The third-order valence-electron chi connectivity index (χ3n) is 9.28. The van der Waals surface area contributed by atoms with Gasteiger partial charge in [0.05, 0.1) is 32.8 Å². The minimum absolute atomic E-state index is 0.0519. The van der Waals surface area contributed by atoms with Gasteiger partial charge in [0.25, 0.3) is 0 Å². The fourth-order valence-electron chi connectivity index (χ4n) is 6.22. The molecule has 2 saturated heterocycles. The molecule has 248 valence electrons. The topological polar surface area (TPSA) is 77.5 Å². The van der Waals surface area contributed by atoms with E-state index in [0.717, 1.165) is 48.6 Å². The average Bonchev–Trinajstić information content (AvgIpc) is 3.78. The van der Waals surface area contributed by atoms with E-state index in [4.69, 9.17) is 18.9 Å². The van der Waals surface area contributed by atoms with Crippen LogP contribution in [0.15, 0.2) is 36.4 Å². The lowest BCUT2D eigenvalue weighted by Crippen LogP contribution is -2.34. The standard InChI is InChI=1S/C37H54N2O6/c1-37(2,35(40)17-13-29-11-15-31(33(27-29)42-3)44-25-9-23-38-19-5-6-20-38)36(41)18-14-30-12-16-32(34(28-30)43-4)45-26-10-24-39-21-7-8-22-39/h11-12,15-16,27-28H,5-10,13-14,17-26H2,1-4H3. The Morgan fingerprint density at radius 1 is 0.644 bits per heavy atom. The Morgan fingerprint density at radius 2 is 1.04 bits per heavy atom. The van der Waals surface area contributed by atoms with Gasteiger partial charge in [-0.2, -0.15) is 0 Å². The minimum Gasteiger partial charge on any atom is -0.493 e. The minimum atomic E-state index is -1.05. The third kappa shape index (κ3) is 10.5. The van der Waals surface area contributed by atoms with Crippen LogP contribution in [-0.2, 0) is 22.4 Å². The van der Waals surface area contributed by atoms with Crippen molar-refractivity contribution in [3.8, 4) is 23.0 Å². The van der Waals surface area contributed by atoms with Gasteiger partial charge in [0.15, 0.2) is 23.0 Å². The van der Waals surface area contributed by atoms with Crippen molar-refractivity contribution in [2.24, 2.45) is 5.41 Å². The molecule has 0 N–H and O–H groups in total. The van der Waals surface area contributed by atoms with Crippen LogP contribution in [0.2, 0.25) is 0 Å². The first-order valence-electron chi connectivity index (χ1n) is 16.9. The first-order chi connectivity index (χ1) is 21.8. The molecule has 0 aromatic heterocycles. The van der Waals surface area contributed by atoms with Gasteiger partial charge in [-0.3, -0.25) is 9.59 Å². The highest BCUT2D eigenvalue weighted by Crippen LogP contribution is 2.31. The fraction of sp³-hybridized carbons (Fsp3) is 0.622. The predicted octanol–water partition coefficient (Wildman–Crippen LogP) is 6.16. The van der Waals surface area contributed by atoms with E-state index in [0.29, 0.717) is 37.6 Å². The molecule has 8 nitrogen and oxygen atoms in total. The van der Waals surface area contributed by atoms with Crippen molar-refractivity contribution in [3.05, 3.63) is 47.5 Å². The van der Waals surface area contributed by atoms with E-state index in [9.17, 15) is 9.59 Å². The normalized spacial score (nSPS) is 15.7. The summed E-state index contributed by atoms with van der Waals surface area (Å²) in [6, 6.07) is 11.7. The number of hydrogen-bond donors (Lipinski definition) is 0. The number of aryl methyl sites for hydroxylation is 2. The molecule has 2 aromatic carbocycles. The highest BCUT2D eigenvalue weighted by Gasteiger charge is 2.34. The van der Waals surface area contributed by atoms with Crippen molar-refractivity contribution in [1.82, 2.24) is 9.80 Å². The Bertz CT molecular complexity index is 1140. The summed E-state index contributed by atoms with van der Waals surface area (Å²) >= 11 is 0. The SMILES string of the molecule is COc1cc(CCC(=O)C(C)(C)C(=O)CCc2ccc(OCCCN3CCCC3)c(OC)c2)ccc1OCCCN1CCCC1. The van der Waals surface area contributed by atoms with Crippen LogP contribution >= 0.6 is 0 Å². The molecule has 0 unspecified atom stereocenters. The zero-order valence-electron chi connectivity index (χ0n) is 28.0. The highest BCUT2D eigenvalue weighted by atomic mass is 16.5. The number of rotatable bonds is 20. The summed E-state index contributed by atoms with van der Waals surface area (Å²) in [6.07, 6.45) is 8.80. The number of ketones is 2. The van der Waals surface area contributed by atoms with E-state index in [2.05, 4.69) is 9.80 Å². The second kappa shape index (κ2) is 17.6. The summed E-state index contributed by atoms with van der Waals surface area (Å²) in [7, 11) is 3.27. The van der Waals surface area contributed by atoms with E-state index in [-0.39, 0.29) is 24.4 Å². The van der Waals surface area contributed by atoms with Crippen LogP contribution < -0.4 is 18.9 Å². The molecule has 2 fully saturated rings. The number of methoxy groups -OCH3 is 2. The number of benzene rings is 2. The van der Waals surface area contributed by atoms with Crippen molar-refractivity contribution in [2.75, 3.05) is 66.7 Å². The molecule has 8 heteroatoms. The molecule has 0 amide bonds. The summed E-state index contributed by atoms with van der Waals surface area (Å²) in [5.41, 5.74) is 0.918. The number of carbonyl (C=O) groups excluding carboxylic acids is 2. The molecular weight excluding hydrogens is 568 g/mol. The maximum absolute atomic E-state index is 13.2. The van der Waals surface area contributed by atoms with Crippen LogP contribution in [0.5, 0.6) is 23.0 Å². The average molecular weight is 623 g/mol. The molecule has 2 aliphatic rings. The largest absolute Gasteiger partial charge is 0.493 e. The molecule has 0 aliphatic carbocycles. The molecule has 2 heterocycles. The molecule has 0 saturated carbocycles. The lowest BCUT2D eigenvalue weighted by atomic mass is 9.79. The van der Waals surface area contributed by atoms with Gasteiger partial charge >= 0.3 is 0 Å². The van der Waals surface area contributed by atoms with Crippen LogP contribution in [0.3, 0.4) is 0 Å². The monoisotopic (exact) mass is 622 g/mol. The highest BCUT2D eigenvalue weighted by molar-refractivity contribution is 6.06. The number of ether oxygens (including phenoxy) is 4. The summed E-state index contributed by atoms with van der Waals surface area (Å²) in [5, 5.41) is 0. The van der Waals surface area contributed by atoms with Gasteiger partial charge in [-0.1, -0.05) is 12.1 Å². The zero-order chi connectivity index (χ0) is 32.1. The van der Waals surface area contributed by atoms with Crippen LogP contribution in [0.1, 0.15) is 76.3 Å². The maximum atomic E-state index is 13.2. The first-order valence-corrected chi connectivity index (χ1v) is 16.9. The van der Waals surface area contributed by atoms with Gasteiger partial charge in [-0.15, -0.1) is 0 Å². The van der Waals surface area contributed by atoms with Crippen molar-refractivity contribution in [1.29, 1.82) is 0 Å². The van der Waals surface area contributed by atoms with Crippen LogP contribution in [0.25, 0.3) is 0 Å². The second-order valence-electron chi connectivity index (χ2n) is 12.9. The maximum Gasteiger partial charge on any atom is 0.161 e. The van der Waals surface area contributed by atoms with E-state index < -0.39 is 5.41 Å². The predicted molar refractivity (Wildman–Crippen MR) is 178 cm³/mol. The Kier molecular flexibility index (Phi) is 13.6. The molecule has 2 aromatic rings. The quantitative estimate of drug-likeness (QED) is 0.128. The zero-order valence-corrected chi connectivity index (χ0v) is 28.0. The van der Waals surface area contributed by atoms with Crippen molar-refractivity contribution in [2.45, 2.75) is 78.1 Å². The lowest BCUT2D eigenvalue weighted by molar-refractivity contribution is -0.138. The van der Waals surface area contributed by atoms with E-state index in [1.165, 1.54) is 51.9 Å². The molecule has 2 aliphatic heterocycles. The van der Waals surface area contributed by atoms with Gasteiger partial charge in [-0.25, -0.2) is 0 Å². The van der Waals surface area contributed by atoms with Crippen molar-refractivity contribution in [3.63, 3.8) is 0 Å². The second-order valence-corrected chi connectivity index (χ2v) is 12.9. The fourth-order valence-corrected chi connectivity index (χ4v) is 6.22. The Hall–Kier alpha value is -3.10. The summed E-state index contributed by atoms with van der Waals surface area (Å²) in [4.78, 5) is 31.4. The number of hydrogen-bond acceptors (Lipinski definition) is 8. The van der Waals surface area contributed by atoms with Gasteiger partial charge < -0.3 is 28.7 Å². The summed E-state index contributed by atoms with van der Waals surface area (Å²) < 4.78 is 23.2. The first kappa shape index (κ1) is 34.8. The molecule has 0 atom stereocenters. The lowest BCUT2D eigenvalue weighted by Gasteiger charge is -2.22. The molecule has 45 heavy (non-hydrogen) atoms. The van der Waals surface area contributed by atoms with E-state index in [1.807, 2.05) is 36.4 Å². The van der Waals surface area contributed by atoms with E-state index in [1.54, 1.807) is 28.1 Å². The van der Waals surface area contributed by atoms with Crippen LogP contribution in [0.4, 0.5) is 0 Å².